The summed E-state index contributed by atoms with van der Waals surface area (Å²) in [6.07, 6.45) is 0.249. The van der Waals surface area contributed by atoms with Gasteiger partial charge in [0.05, 0.1) is 10.7 Å². The summed E-state index contributed by atoms with van der Waals surface area (Å²) >= 11 is 12.0. The number of nitrogens with zero attached hydrogens (tertiary/aromatic N) is 1. The second-order valence-corrected chi connectivity index (χ2v) is 4.97. The van der Waals surface area contributed by atoms with E-state index in [2.05, 4.69) is 5.32 Å². The van der Waals surface area contributed by atoms with Crippen LogP contribution in [0.4, 0.5) is 5.69 Å². The maximum atomic E-state index is 12.2. The zero-order chi connectivity index (χ0) is 13.3. The molecule has 1 aromatic carbocycles. The van der Waals surface area contributed by atoms with E-state index in [1.54, 1.807) is 25.1 Å². The molecule has 18 heavy (non-hydrogen) atoms. The Morgan fingerprint density at radius 3 is 2.78 bits per heavy atom. The lowest BCUT2D eigenvalue weighted by Crippen LogP contribution is -2.42. The summed E-state index contributed by atoms with van der Waals surface area (Å²) in [7, 11) is 0. The number of hydrogen-bond donors (Lipinski definition) is 1. The number of rotatable bonds is 1. The van der Waals surface area contributed by atoms with Gasteiger partial charge in [-0.05, 0) is 25.1 Å². The van der Waals surface area contributed by atoms with Gasteiger partial charge in [-0.25, -0.2) is 0 Å². The first-order valence-corrected chi connectivity index (χ1v) is 6.30. The van der Waals surface area contributed by atoms with Gasteiger partial charge in [0, 0.05) is 18.0 Å². The van der Waals surface area contributed by atoms with Crippen LogP contribution < -0.4 is 10.2 Å². The first kappa shape index (κ1) is 13.2. The summed E-state index contributed by atoms with van der Waals surface area (Å²) in [5.74, 6) is -0.332. The van der Waals surface area contributed by atoms with Crippen LogP contribution in [0.5, 0.6) is 0 Å². The Bertz CT molecular complexity index is 505. The zero-order valence-electron chi connectivity index (χ0n) is 9.74. The van der Waals surface area contributed by atoms with Crippen molar-refractivity contribution in [2.24, 2.45) is 0 Å². The maximum Gasteiger partial charge on any atom is 0.249 e. The molecule has 1 aromatic rings. The number of halogens is 2. The quantitative estimate of drug-likeness (QED) is 0.861. The van der Waals surface area contributed by atoms with Crippen LogP contribution in [0.25, 0.3) is 0 Å². The number of anilines is 1. The Morgan fingerprint density at radius 1 is 1.33 bits per heavy atom. The lowest BCUT2D eigenvalue weighted by molar-refractivity contribution is -0.125. The van der Waals surface area contributed by atoms with Gasteiger partial charge in [-0.3, -0.25) is 9.59 Å². The Labute approximate surface area is 115 Å². The van der Waals surface area contributed by atoms with Crippen LogP contribution in [0.15, 0.2) is 18.2 Å². The molecule has 0 aromatic heterocycles. The SMILES string of the molecule is CC1NC(=O)CCN(c2cc(Cl)ccc2Cl)C1=O. The fourth-order valence-electron chi connectivity index (χ4n) is 1.86. The highest BCUT2D eigenvalue weighted by molar-refractivity contribution is 6.35. The first-order valence-electron chi connectivity index (χ1n) is 5.55. The summed E-state index contributed by atoms with van der Waals surface area (Å²) < 4.78 is 0. The molecule has 6 heteroatoms. The number of benzene rings is 1. The highest BCUT2D eigenvalue weighted by Gasteiger charge is 2.28. The van der Waals surface area contributed by atoms with E-state index < -0.39 is 6.04 Å². The number of amides is 2. The minimum Gasteiger partial charge on any atom is -0.345 e. The van der Waals surface area contributed by atoms with E-state index in [0.29, 0.717) is 22.3 Å². The van der Waals surface area contributed by atoms with E-state index in [-0.39, 0.29) is 18.2 Å². The van der Waals surface area contributed by atoms with Crippen LogP contribution in [-0.2, 0) is 9.59 Å². The van der Waals surface area contributed by atoms with Crippen molar-refractivity contribution in [1.29, 1.82) is 0 Å². The van der Waals surface area contributed by atoms with E-state index >= 15 is 0 Å². The molecular formula is C12H12Cl2N2O2. The first-order chi connectivity index (χ1) is 8.49. The zero-order valence-corrected chi connectivity index (χ0v) is 11.3. The van der Waals surface area contributed by atoms with Gasteiger partial charge >= 0.3 is 0 Å². The molecule has 0 bridgehead atoms. The average molecular weight is 287 g/mol. The van der Waals surface area contributed by atoms with Gasteiger partial charge < -0.3 is 10.2 Å². The minimum atomic E-state index is -0.560. The molecule has 2 rings (SSSR count). The molecule has 1 aliphatic heterocycles. The third-order valence-corrected chi connectivity index (χ3v) is 3.33. The third kappa shape index (κ3) is 2.60. The summed E-state index contributed by atoms with van der Waals surface area (Å²) in [6.45, 7) is 1.95. The standard InChI is InChI=1S/C12H12Cl2N2O2/c1-7-12(18)16(5-4-11(17)15-7)10-6-8(13)2-3-9(10)14/h2-3,6-7H,4-5H2,1H3,(H,15,17). The van der Waals surface area contributed by atoms with E-state index in [9.17, 15) is 9.59 Å². The molecule has 1 unspecified atom stereocenters. The Balaban J connectivity index is 2.38. The van der Waals surface area contributed by atoms with E-state index in [4.69, 9.17) is 23.2 Å². The van der Waals surface area contributed by atoms with Crippen LogP contribution in [-0.4, -0.2) is 24.4 Å². The second kappa shape index (κ2) is 5.16. The summed E-state index contributed by atoms with van der Waals surface area (Å²) in [5.41, 5.74) is 0.539. The molecular weight excluding hydrogens is 275 g/mol. The lowest BCUT2D eigenvalue weighted by atomic mass is 10.2. The predicted molar refractivity (Wildman–Crippen MR) is 71.0 cm³/mol. The summed E-state index contributed by atoms with van der Waals surface area (Å²) in [6, 6.07) is 4.36. The number of nitrogens with one attached hydrogen (secondary N) is 1. The van der Waals surface area contributed by atoms with Gasteiger partial charge in [-0.2, -0.15) is 0 Å². The minimum absolute atomic E-state index is 0.142. The number of carbonyl (C=O) groups excluding carboxylic acids is 2. The van der Waals surface area contributed by atoms with Gasteiger partial charge in [0.15, 0.2) is 0 Å². The number of hydrogen-bond acceptors (Lipinski definition) is 2. The molecule has 1 atom stereocenters. The van der Waals surface area contributed by atoms with Crippen molar-refractivity contribution in [3.8, 4) is 0 Å². The Hall–Kier alpha value is -1.26. The van der Waals surface area contributed by atoms with E-state index in [1.807, 2.05) is 0 Å². The Morgan fingerprint density at radius 2 is 2.06 bits per heavy atom. The maximum absolute atomic E-state index is 12.2. The van der Waals surface area contributed by atoms with Crippen LogP contribution in [0.3, 0.4) is 0 Å². The molecule has 0 saturated carbocycles. The third-order valence-electron chi connectivity index (χ3n) is 2.78. The molecule has 0 radical (unpaired) electrons. The lowest BCUT2D eigenvalue weighted by Gasteiger charge is -2.23. The van der Waals surface area contributed by atoms with Crippen molar-refractivity contribution in [2.75, 3.05) is 11.4 Å². The fraction of sp³-hybridized carbons (Fsp3) is 0.333. The van der Waals surface area contributed by atoms with Gasteiger partial charge in [0.2, 0.25) is 11.8 Å². The highest BCUT2D eigenvalue weighted by Crippen LogP contribution is 2.30. The predicted octanol–water partition coefficient (Wildman–Crippen LogP) is 2.23. The molecule has 96 valence electrons. The van der Waals surface area contributed by atoms with Gasteiger partial charge in [-0.1, -0.05) is 23.2 Å². The van der Waals surface area contributed by atoms with Crippen LogP contribution in [0, 0.1) is 0 Å². The molecule has 2 amide bonds. The second-order valence-electron chi connectivity index (χ2n) is 4.12. The molecule has 4 nitrogen and oxygen atoms in total. The van der Waals surface area contributed by atoms with Gasteiger partial charge in [0.1, 0.15) is 6.04 Å². The number of carbonyl (C=O) groups is 2. The van der Waals surface area contributed by atoms with E-state index in [1.165, 1.54) is 4.90 Å². The highest BCUT2D eigenvalue weighted by atomic mass is 35.5. The van der Waals surface area contributed by atoms with Gasteiger partial charge in [0.25, 0.3) is 0 Å². The molecule has 1 heterocycles. The van der Waals surface area contributed by atoms with Gasteiger partial charge in [-0.15, -0.1) is 0 Å². The summed E-state index contributed by atoms with van der Waals surface area (Å²) in [4.78, 5) is 25.1. The monoisotopic (exact) mass is 286 g/mol. The van der Waals surface area contributed by atoms with Crippen molar-refractivity contribution in [1.82, 2.24) is 5.32 Å². The fourth-order valence-corrected chi connectivity index (χ4v) is 2.25. The van der Waals surface area contributed by atoms with Crippen molar-refractivity contribution >= 4 is 40.7 Å². The van der Waals surface area contributed by atoms with Crippen molar-refractivity contribution in [3.63, 3.8) is 0 Å². The topological polar surface area (TPSA) is 49.4 Å². The molecule has 0 spiro atoms. The van der Waals surface area contributed by atoms with E-state index in [0.717, 1.165) is 0 Å². The van der Waals surface area contributed by atoms with Crippen molar-refractivity contribution < 1.29 is 9.59 Å². The largest absolute Gasteiger partial charge is 0.345 e. The molecule has 0 aliphatic carbocycles. The normalized spacial score (nSPS) is 20.6. The van der Waals surface area contributed by atoms with Crippen molar-refractivity contribution in [2.45, 2.75) is 19.4 Å². The molecule has 1 saturated heterocycles. The average Bonchev–Trinajstić information content (AvgIpc) is 2.44. The van der Waals surface area contributed by atoms with Crippen LogP contribution in [0.1, 0.15) is 13.3 Å². The molecule has 1 aliphatic rings. The Kier molecular flexibility index (Phi) is 3.78. The summed E-state index contributed by atoms with van der Waals surface area (Å²) in [5, 5.41) is 3.56. The molecule has 1 fully saturated rings. The van der Waals surface area contributed by atoms with Crippen molar-refractivity contribution in [3.05, 3.63) is 28.2 Å². The van der Waals surface area contributed by atoms with Crippen LogP contribution >= 0.6 is 23.2 Å². The van der Waals surface area contributed by atoms with Crippen LogP contribution in [0.2, 0.25) is 10.0 Å². The molecule has 1 N–H and O–H groups in total. The smallest absolute Gasteiger partial charge is 0.249 e.